The molecule has 1 unspecified atom stereocenters. The van der Waals surface area contributed by atoms with E-state index in [1.54, 1.807) is 17.3 Å². The molecule has 0 amide bonds. The molecule has 3 rings (SSSR count). The van der Waals surface area contributed by atoms with Crippen molar-refractivity contribution in [2.75, 3.05) is 24.6 Å². The van der Waals surface area contributed by atoms with Gasteiger partial charge in [-0.15, -0.1) is 0 Å². The Morgan fingerprint density at radius 1 is 1.50 bits per heavy atom. The molecule has 3 heterocycles. The molecule has 1 saturated heterocycles. The van der Waals surface area contributed by atoms with Gasteiger partial charge in [0.25, 0.3) is 0 Å². The first kappa shape index (κ1) is 13.5. The molecular weight excluding hydrogens is 322 g/mol. The second kappa shape index (κ2) is 5.88. The summed E-state index contributed by atoms with van der Waals surface area (Å²) < 4.78 is 8.61. The van der Waals surface area contributed by atoms with Crippen molar-refractivity contribution in [1.29, 1.82) is 0 Å². The van der Waals surface area contributed by atoms with E-state index in [0.29, 0.717) is 13.2 Å². The van der Waals surface area contributed by atoms with Gasteiger partial charge in [-0.05, 0) is 34.5 Å². The number of hydrogen-bond acceptors (Lipinski definition) is 5. The van der Waals surface area contributed by atoms with Crippen molar-refractivity contribution in [2.45, 2.75) is 19.6 Å². The van der Waals surface area contributed by atoms with Crippen LogP contribution >= 0.6 is 15.9 Å². The Morgan fingerprint density at radius 3 is 3.15 bits per heavy atom. The summed E-state index contributed by atoms with van der Waals surface area (Å²) in [5, 5.41) is 4.12. The molecule has 6 nitrogen and oxygen atoms in total. The summed E-state index contributed by atoms with van der Waals surface area (Å²) in [7, 11) is 0. The van der Waals surface area contributed by atoms with Crippen molar-refractivity contribution < 1.29 is 4.74 Å². The van der Waals surface area contributed by atoms with Crippen LogP contribution in [-0.2, 0) is 11.3 Å². The maximum absolute atomic E-state index is 5.80. The summed E-state index contributed by atoms with van der Waals surface area (Å²) in [6.45, 7) is 5.18. The zero-order valence-corrected chi connectivity index (χ0v) is 12.8. The highest BCUT2D eigenvalue weighted by Gasteiger charge is 2.23. The van der Waals surface area contributed by atoms with Crippen molar-refractivity contribution in [2.24, 2.45) is 0 Å². The largest absolute Gasteiger partial charge is 0.373 e. The Hall–Kier alpha value is -1.47. The zero-order chi connectivity index (χ0) is 13.9. The third-order valence-corrected chi connectivity index (χ3v) is 3.75. The SMILES string of the molecule is Cc1cc(Br)cnc1N1CCOC(Cn2cncn2)C1. The molecule has 0 saturated carbocycles. The topological polar surface area (TPSA) is 56.1 Å². The van der Waals surface area contributed by atoms with Crippen LogP contribution < -0.4 is 4.90 Å². The second-order valence-electron chi connectivity index (χ2n) is 4.85. The molecule has 1 aliphatic rings. The minimum atomic E-state index is 0.107. The van der Waals surface area contributed by atoms with Crippen molar-refractivity contribution >= 4 is 21.7 Å². The highest BCUT2D eigenvalue weighted by Crippen LogP contribution is 2.22. The van der Waals surface area contributed by atoms with Crippen LogP contribution in [0.1, 0.15) is 5.56 Å². The van der Waals surface area contributed by atoms with E-state index in [4.69, 9.17) is 4.74 Å². The average Bonchev–Trinajstić information content (AvgIpc) is 2.92. The molecule has 7 heteroatoms. The molecule has 0 radical (unpaired) electrons. The Morgan fingerprint density at radius 2 is 2.40 bits per heavy atom. The van der Waals surface area contributed by atoms with Gasteiger partial charge in [0.2, 0.25) is 0 Å². The standard InChI is InChI=1S/C13H16BrN5O/c1-10-4-11(14)5-16-13(10)18-2-3-20-12(6-18)7-19-9-15-8-17-19/h4-5,8-9,12H,2-3,6-7H2,1H3. The number of pyridine rings is 1. The first-order valence-electron chi connectivity index (χ1n) is 6.53. The highest BCUT2D eigenvalue weighted by molar-refractivity contribution is 9.10. The van der Waals surface area contributed by atoms with Gasteiger partial charge in [0.15, 0.2) is 0 Å². The maximum Gasteiger partial charge on any atom is 0.137 e. The molecule has 20 heavy (non-hydrogen) atoms. The number of morpholine rings is 1. The fourth-order valence-electron chi connectivity index (χ4n) is 2.42. The lowest BCUT2D eigenvalue weighted by molar-refractivity contribution is 0.0271. The van der Waals surface area contributed by atoms with Crippen LogP contribution in [0.2, 0.25) is 0 Å². The van der Waals surface area contributed by atoms with Gasteiger partial charge in [-0.2, -0.15) is 5.10 Å². The fraction of sp³-hybridized carbons (Fsp3) is 0.462. The predicted molar refractivity (Wildman–Crippen MR) is 78.6 cm³/mol. The lowest BCUT2D eigenvalue weighted by atomic mass is 10.2. The summed E-state index contributed by atoms with van der Waals surface area (Å²) in [5.74, 6) is 1.03. The fourth-order valence-corrected chi connectivity index (χ4v) is 2.87. The molecule has 1 fully saturated rings. The van der Waals surface area contributed by atoms with Gasteiger partial charge < -0.3 is 9.64 Å². The second-order valence-corrected chi connectivity index (χ2v) is 5.77. The number of ether oxygens (including phenoxy) is 1. The third kappa shape index (κ3) is 2.99. The Balaban J connectivity index is 1.71. The lowest BCUT2D eigenvalue weighted by Crippen LogP contribution is -2.45. The van der Waals surface area contributed by atoms with Crippen LogP contribution in [-0.4, -0.2) is 45.5 Å². The molecule has 2 aromatic rings. The normalized spacial score (nSPS) is 19.3. The molecule has 1 atom stereocenters. The van der Waals surface area contributed by atoms with Gasteiger partial charge in [-0.3, -0.25) is 4.68 Å². The first-order chi connectivity index (χ1) is 9.72. The Labute approximate surface area is 125 Å². The van der Waals surface area contributed by atoms with Crippen LogP contribution in [0.25, 0.3) is 0 Å². The van der Waals surface area contributed by atoms with E-state index in [1.807, 2.05) is 6.20 Å². The third-order valence-electron chi connectivity index (χ3n) is 3.31. The molecule has 106 valence electrons. The molecular formula is C13H16BrN5O. The number of rotatable bonds is 3. The van der Waals surface area contributed by atoms with Gasteiger partial charge in [0, 0.05) is 23.8 Å². The summed E-state index contributed by atoms with van der Waals surface area (Å²) in [4.78, 5) is 10.7. The summed E-state index contributed by atoms with van der Waals surface area (Å²) in [5.41, 5.74) is 1.17. The number of aryl methyl sites for hydroxylation is 1. The van der Waals surface area contributed by atoms with Crippen LogP contribution in [0.5, 0.6) is 0 Å². The number of anilines is 1. The predicted octanol–water partition coefficient (Wildman–Crippen LogP) is 1.65. The molecule has 0 aliphatic carbocycles. The summed E-state index contributed by atoms with van der Waals surface area (Å²) >= 11 is 3.45. The minimum Gasteiger partial charge on any atom is -0.373 e. The van der Waals surface area contributed by atoms with Crippen LogP contribution in [0.3, 0.4) is 0 Å². The van der Waals surface area contributed by atoms with Gasteiger partial charge in [0.05, 0.1) is 19.3 Å². The highest BCUT2D eigenvalue weighted by atomic mass is 79.9. The van der Waals surface area contributed by atoms with Crippen LogP contribution in [0.15, 0.2) is 29.4 Å². The number of halogens is 1. The first-order valence-corrected chi connectivity index (χ1v) is 7.33. The van der Waals surface area contributed by atoms with Crippen LogP contribution in [0, 0.1) is 6.92 Å². The van der Waals surface area contributed by atoms with Crippen molar-refractivity contribution in [1.82, 2.24) is 19.7 Å². The number of hydrogen-bond donors (Lipinski definition) is 0. The maximum atomic E-state index is 5.80. The molecule has 1 aliphatic heterocycles. The monoisotopic (exact) mass is 337 g/mol. The van der Waals surface area contributed by atoms with Gasteiger partial charge in [-0.1, -0.05) is 0 Å². The van der Waals surface area contributed by atoms with Crippen molar-refractivity contribution in [3.8, 4) is 0 Å². The minimum absolute atomic E-state index is 0.107. The van der Waals surface area contributed by atoms with Gasteiger partial charge in [0.1, 0.15) is 18.5 Å². The lowest BCUT2D eigenvalue weighted by Gasteiger charge is -2.34. The van der Waals surface area contributed by atoms with Gasteiger partial charge >= 0.3 is 0 Å². The van der Waals surface area contributed by atoms with Crippen molar-refractivity contribution in [3.63, 3.8) is 0 Å². The van der Waals surface area contributed by atoms with E-state index in [9.17, 15) is 0 Å². The van der Waals surface area contributed by atoms with E-state index < -0.39 is 0 Å². The Kier molecular flexibility index (Phi) is 3.98. The zero-order valence-electron chi connectivity index (χ0n) is 11.2. The smallest absolute Gasteiger partial charge is 0.137 e. The average molecular weight is 338 g/mol. The van der Waals surface area contributed by atoms with E-state index >= 15 is 0 Å². The molecule has 0 bridgehead atoms. The molecule has 0 N–H and O–H groups in total. The Bertz CT molecular complexity index is 574. The molecule has 0 spiro atoms. The van der Waals surface area contributed by atoms with Crippen molar-refractivity contribution in [3.05, 3.63) is 35.0 Å². The number of nitrogens with zero attached hydrogens (tertiary/aromatic N) is 5. The number of aromatic nitrogens is 4. The van der Waals surface area contributed by atoms with E-state index in [2.05, 4.69) is 48.9 Å². The molecule has 0 aromatic carbocycles. The van der Waals surface area contributed by atoms with Crippen LogP contribution in [0.4, 0.5) is 5.82 Å². The van der Waals surface area contributed by atoms with E-state index in [1.165, 1.54) is 5.56 Å². The van der Waals surface area contributed by atoms with E-state index in [-0.39, 0.29) is 6.10 Å². The molecule has 2 aromatic heterocycles. The summed E-state index contributed by atoms with van der Waals surface area (Å²) in [6, 6.07) is 2.09. The quantitative estimate of drug-likeness (QED) is 0.852. The summed E-state index contributed by atoms with van der Waals surface area (Å²) in [6.07, 6.45) is 5.20. The van der Waals surface area contributed by atoms with E-state index in [0.717, 1.165) is 23.4 Å². The van der Waals surface area contributed by atoms with Gasteiger partial charge in [-0.25, -0.2) is 9.97 Å².